The minimum absolute atomic E-state index is 0.0814. The summed E-state index contributed by atoms with van der Waals surface area (Å²) in [4.78, 5) is -0.778. The van der Waals surface area contributed by atoms with E-state index in [-0.39, 0.29) is 54.3 Å². The number of allylic oxidation sites excluding steroid dienone is 5. The number of halogens is 8. The van der Waals surface area contributed by atoms with Gasteiger partial charge in [-0.2, -0.15) is 13.2 Å². The van der Waals surface area contributed by atoms with E-state index in [0.717, 1.165) is 0 Å². The lowest BCUT2D eigenvalue weighted by Gasteiger charge is -2.30. The average molecular weight is 524 g/mol. The van der Waals surface area contributed by atoms with Gasteiger partial charge in [0.1, 0.15) is 11.7 Å². The second kappa shape index (κ2) is 10.0. The second-order valence-corrected chi connectivity index (χ2v) is 10.3. The van der Waals surface area contributed by atoms with Crippen molar-refractivity contribution in [3.8, 4) is 0 Å². The first-order chi connectivity index (χ1) is 15.7. The molecule has 1 nitrogen and oxygen atoms in total. The summed E-state index contributed by atoms with van der Waals surface area (Å²) in [7, 11) is 0. The van der Waals surface area contributed by atoms with Gasteiger partial charge in [0.05, 0.1) is 9.90 Å². The molecular formula is C25H25Cl2F6N. The molecule has 1 saturated carbocycles. The van der Waals surface area contributed by atoms with E-state index in [1.54, 1.807) is 6.92 Å². The van der Waals surface area contributed by atoms with Crippen molar-refractivity contribution < 1.29 is 26.3 Å². The largest absolute Gasteiger partial charge is 0.399 e. The van der Waals surface area contributed by atoms with E-state index in [1.807, 2.05) is 0 Å². The molecule has 2 aliphatic carbocycles. The number of rotatable bonds is 6. The molecule has 0 heterocycles. The van der Waals surface area contributed by atoms with Crippen LogP contribution in [0.5, 0.6) is 0 Å². The number of hydrogen-bond donors (Lipinski definition) is 1. The van der Waals surface area contributed by atoms with Crippen LogP contribution in [0.15, 0.2) is 54.7 Å². The predicted octanol–water partition coefficient (Wildman–Crippen LogP) is 8.85. The fourth-order valence-corrected chi connectivity index (χ4v) is 4.43. The predicted molar refractivity (Wildman–Crippen MR) is 126 cm³/mol. The maximum absolute atomic E-state index is 14.9. The van der Waals surface area contributed by atoms with E-state index in [4.69, 9.17) is 23.2 Å². The van der Waals surface area contributed by atoms with Gasteiger partial charge in [-0.1, -0.05) is 48.5 Å². The zero-order valence-electron chi connectivity index (χ0n) is 18.5. The van der Waals surface area contributed by atoms with E-state index < -0.39 is 28.7 Å². The van der Waals surface area contributed by atoms with Gasteiger partial charge in [0.2, 0.25) is 5.92 Å². The standard InChI is InChI=1S/C25H25Cl2F6N/c1-15(34-18-7-11-24(29,30)12-8-18)19-4-3-17(13-21(19)26)22(28)14-20(25(31,32)33)16-5-9-23(2,27)10-6-16/h3-6,9,13-14,18,20,34H,1,7-8,10-12H2,2H3/b22-14-. The molecule has 2 aliphatic rings. The summed E-state index contributed by atoms with van der Waals surface area (Å²) in [5.74, 6) is -5.88. The van der Waals surface area contributed by atoms with Crippen LogP contribution in [-0.2, 0) is 0 Å². The number of alkyl halides is 6. The van der Waals surface area contributed by atoms with Crippen LogP contribution in [-0.4, -0.2) is 23.0 Å². The molecule has 34 heavy (non-hydrogen) atoms. The molecule has 0 aromatic heterocycles. The van der Waals surface area contributed by atoms with Crippen molar-refractivity contribution in [1.82, 2.24) is 5.32 Å². The Balaban J connectivity index is 1.76. The van der Waals surface area contributed by atoms with Gasteiger partial charge in [-0.15, -0.1) is 11.6 Å². The topological polar surface area (TPSA) is 12.0 Å². The molecule has 1 fully saturated rings. The fourth-order valence-electron chi connectivity index (χ4n) is 3.99. The van der Waals surface area contributed by atoms with Crippen molar-refractivity contribution in [3.63, 3.8) is 0 Å². The first-order valence-corrected chi connectivity index (χ1v) is 11.6. The summed E-state index contributed by atoms with van der Waals surface area (Å²) in [6.45, 7) is 5.55. The van der Waals surface area contributed by atoms with Gasteiger partial charge < -0.3 is 5.32 Å². The zero-order valence-corrected chi connectivity index (χ0v) is 20.0. The molecule has 9 heteroatoms. The highest BCUT2D eigenvalue weighted by Crippen LogP contribution is 2.40. The van der Waals surface area contributed by atoms with Crippen LogP contribution in [0, 0.1) is 5.92 Å². The molecule has 0 saturated heterocycles. The molecule has 0 aliphatic heterocycles. The highest BCUT2D eigenvalue weighted by molar-refractivity contribution is 6.32. The normalized spacial score (nSPS) is 24.5. The van der Waals surface area contributed by atoms with Crippen LogP contribution in [0.25, 0.3) is 11.5 Å². The maximum Gasteiger partial charge on any atom is 0.399 e. The summed E-state index contributed by atoms with van der Waals surface area (Å²) in [5.41, 5.74) is 0.600. The van der Waals surface area contributed by atoms with Crippen LogP contribution in [0.2, 0.25) is 5.02 Å². The Bertz CT molecular complexity index is 1010. The van der Waals surface area contributed by atoms with Gasteiger partial charge in [0.25, 0.3) is 0 Å². The Morgan fingerprint density at radius 3 is 2.41 bits per heavy atom. The molecular weight excluding hydrogens is 499 g/mol. The lowest BCUT2D eigenvalue weighted by atomic mass is 9.88. The third kappa shape index (κ3) is 6.85. The zero-order chi connectivity index (χ0) is 25.3. The minimum Gasteiger partial charge on any atom is -0.382 e. The van der Waals surface area contributed by atoms with Gasteiger partial charge >= 0.3 is 6.18 Å². The third-order valence-electron chi connectivity index (χ3n) is 6.05. The van der Waals surface area contributed by atoms with Crippen molar-refractivity contribution in [2.45, 2.75) is 62.0 Å². The molecule has 3 rings (SSSR count). The Hall–Kier alpha value is -1.86. The van der Waals surface area contributed by atoms with E-state index in [9.17, 15) is 26.3 Å². The molecule has 1 aromatic rings. The molecule has 0 radical (unpaired) electrons. The van der Waals surface area contributed by atoms with Crippen molar-refractivity contribution in [1.29, 1.82) is 0 Å². The Labute approximate surface area is 205 Å². The van der Waals surface area contributed by atoms with Crippen LogP contribution in [0.3, 0.4) is 0 Å². The van der Waals surface area contributed by atoms with Gasteiger partial charge in [0.15, 0.2) is 0 Å². The monoisotopic (exact) mass is 523 g/mol. The van der Waals surface area contributed by atoms with Gasteiger partial charge in [-0.3, -0.25) is 0 Å². The Morgan fingerprint density at radius 1 is 1.24 bits per heavy atom. The molecule has 0 bridgehead atoms. The van der Waals surface area contributed by atoms with Gasteiger partial charge in [-0.25, -0.2) is 13.2 Å². The lowest BCUT2D eigenvalue weighted by molar-refractivity contribution is -0.150. The second-order valence-electron chi connectivity index (χ2n) is 9.00. The van der Waals surface area contributed by atoms with E-state index in [2.05, 4.69) is 11.9 Å². The molecule has 0 spiro atoms. The maximum atomic E-state index is 14.9. The van der Waals surface area contributed by atoms with Crippen LogP contribution >= 0.6 is 23.2 Å². The summed E-state index contributed by atoms with van der Waals surface area (Å²) >= 11 is 12.4. The van der Waals surface area contributed by atoms with E-state index in [1.165, 1.54) is 36.4 Å². The number of nitrogens with one attached hydrogen (secondary N) is 1. The Morgan fingerprint density at radius 2 is 1.88 bits per heavy atom. The van der Waals surface area contributed by atoms with Crippen LogP contribution in [0.4, 0.5) is 26.3 Å². The van der Waals surface area contributed by atoms with Crippen molar-refractivity contribution in [2.24, 2.45) is 5.92 Å². The first kappa shape index (κ1) is 26.7. The van der Waals surface area contributed by atoms with Crippen molar-refractivity contribution >= 4 is 34.7 Å². The fraction of sp³-hybridized carbons (Fsp3) is 0.440. The van der Waals surface area contributed by atoms with Gasteiger partial charge in [0, 0.05) is 35.7 Å². The minimum atomic E-state index is -4.70. The number of benzene rings is 1. The SMILES string of the molecule is C=C(NC1CCC(F)(F)CC1)c1ccc(/C(F)=C/C(C2=CCC(C)(Cl)C=C2)C(F)(F)F)cc1Cl. The highest BCUT2D eigenvalue weighted by atomic mass is 35.5. The van der Waals surface area contributed by atoms with E-state index >= 15 is 0 Å². The quantitative estimate of drug-likeness (QED) is 0.290. The van der Waals surface area contributed by atoms with Crippen molar-refractivity contribution in [3.05, 3.63) is 70.8 Å². The van der Waals surface area contributed by atoms with Crippen LogP contribution in [0.1, 0.15) is 50.2 Å². The van der Waals surface area contributed by atoms with E-state index in [0.29, 0.717) is 17.3 Å². The lowest BCUT2D eigenvalue weighted by Crippen LogP contribution is -2.36. The molecule has 0 amide bonds. The molecule has 186 valence electrons. The van der Waals surface area contributed by atoms with Crippen LogP contribution < -0.4 is 5.32 Å². The Kier molecular flexibility index (Phi) is 7.88. The summed E-state index contributed by atoms with van der Waals surface area (Å²) in [5, 5.41) is 3.15. The molecule has 1 aromatic carbocycles. The number of hydrogen-bond acceptors (Lipinski definition) is 1. The summed E-state index contributed by atoms with van der Waals surface area (Å²) in [6.07, 6.45) is 0.194. The first-order valence-electron chi connectivity index (χ1n) is 10.8. The molecule has 2 unspecified atom stereocenters. The summed E-state index contributed by atoms with van der Waals surface area (Å²) in [6, 6.07) is 3.78. The smallest absolute Gasteiger partial charge is 0.382 e. The van der Waals surface area contributed by atoms with Gasteiger partial charge in [-0.05, 0) is 43.9 Å². The highest BCUT2D eigenvalue weighted by Gasteiger charge is 2.41. The molecule has 2 atom stereocenters. The summed E-state index contributed by atoms with van der Waals surface area (Å²) < 4.78 is 82.6. The van der Waals surface area contributed by atoms with Crippen molar-refractivity contribution in [2.75, 3.05) is 0 Å². The molecule has 1 N–H and O–H groups in total. The third-order valence-corrected chi connectivity index (χ3v) is 6.64. The average Bonchev–Trinajstić information content (AvgIpc) is 2.72.